The molecule has 3 aromatic carbocycles. The van der Waals surface area contributed by atoms with E-state index in [0.29, 0.717) is 11.4 Å². The van der Waals surface area contributed by atoms with Crippen LogP contribution in [0.2, 0.25) is 0 Å². The number of nitrogens with zero attached hydrogens (tertiary/aromatic N) is 1. The average Bonchev–Trinajstić information content (AvgIpc) is 3.50. The number of imide groups is 1. The quantitative estimate of drug-likeness (QED) is 0.424. The maximum Gasteiger partial charge on any atom is 0.238 e. The Balaban J connectivity index is 1.46. The van der Waals surface area contributed by atoms with Gasteiger partial charge >= 0.3 is 0 Å². The second-order valence-corrected chi connectivity index (χ2v) is 8.76. The van der Waals surface area contributed by atoms with Crippen LogP contribution in [0.4, 0.5) is 5.69 Å². The summed E-state index contributed by atoms with van der Waals surface area (Å²) in [5.74, 6) is -0.375. The van der Waals surface area contributed by atoms with Crippen molar-refractivity contribution in [2.75, 3.05) is 12.0 Å². The van der Waals surface area contributed by atoms with Crippen molar-refractivity contribution in [3.8, 4) is 5.75 Å². The molecule has 0 aromatic heterocycles. The van der Waals surface area contributed by atoms with Gasteiger partial charge in [0.05, 0.1) is 24.6 Å². The molecule has 2 amide bonds. The van der Waals surface area contributed by atoms with Crippen molar-refractivity contribution in [2.45, 2.75) is 0 Å². The van der Waals surface area contributed by atoms with Gasteiger partial charge in [-0.05, 0) is 46.5 Å². The third-order valence-corrected chi connectivity index (χ3v) is 7.16. The molecule has 4 atom stereocenters. The molecule has 4 nitrogen and oxygen atoms in total. The first-order chi connectivity index (χ1) is 16.2. The first-order valence-corrected chi connectivity index (χ1v) is 11.2. The van der Waals surface area contributed by atoms with Gasteiger partial charge in [-0.3, -0.25) is 9.59 Å². The minimum atomic E-state index is -0.355. The second kappa shape index (κ2) is 7.59. The van der Waals surface area contributed by atoms with Gasteiger partial charge in [-0.2, -0.15) is 0 Å². The van der Waals surface area contributed by atoms with Crippen molar-refractivity contribution in [1.29, 1.82) is 0 Å². The molecular formula is C29H23NO3. The molecule has 3 aliphatic rings. The number of hydrogen-bond donors (Lipinski definition) is 0. The van der Waals surface area contributed by atoms with Crippen molar-refractivity contribution in [3.05, 3.63) is 114 Å². The molecule has 33 heavy (non-hydrogen) atoms. The summed E-state index contributed by atoms with van der Waals surface area (Å²) in [7, 11) is 1.60. The molecule has 0 N–H and O–H groups in total. The van der Waals surface area contributed by atoms with Crippen molar-refractivity contribution in [3.63, 3.8) is 0 Å². The minimum absolute atomic E-state index is 0.0740. The highest BCUT2D eigenvalue weighted by molar-refractivity contribution is 6.23. The van der Waals surface area contributed by atoms with E-state index >= 15 is 0 Å². The van der Waals surface area contributed by atoms with Gasteiger partial charge in [0.15, 0.2) is 0 Å². The Kier molecular flexibility index (Phi) is 4.54. The fourth-order valence-electron chi connectivity index (χ4n) is 5.79. The summed E-state index contributed by atoms with van der Waals surface area (Å²) in [6.45, 7) is 0. The third kappa shape index (κ3) is 2.91. The molecule has 0 radical (unpaired) electrons. The van der Waals surface area contributed by atoms with Gasteiger partial charge in [0, 0.05) is 11.8 Å². The van der Waals surface area contributed by atoms with Crippen LogP contribution in [0, 0.1) is 23.7 Å². The fourth-order valence-corrected chi connectivity index (χ4v) is 5.79. The largest absolute Gasteiger partial charge is 0.497 e. The highest BCUT2D eigenvalue weighted by Crippen LogP contribution is 2.58. The van der Waals surface area contributed by atoms with E-state index in [-0.39, 0.29) is 35.5 Å². The Hall–Kier alpha value is -3.92. The monoisotopic (exact) mass is 433 g/mol. The summed E-state index contributed by atoms with van der Waals surface area (Å²) >= 11 is 0. The van der Waals surface area contributed by atoms with Crippen molar-refractivity contribution in [2.24, 2.45) is 23.7 Å². The van der Waals surface area contributed by atoms with Gasteiger partial charge in [-0.25, -0.2) is 4.90 Å². The molecule has 1 aliphatic heterocycles. The lowest BCUT2D eigenvalue weighted by Crippen LogP contribution is -2.33. The van der Waals surface area contributed by atoms with Crippen LogP contribution >= 0.6 is 0 Å². The number of rotatable bonds is 4. The molecular weight excluding hydrogens is 410 g/mol. The molecule has 162 valence electrons. The number of carbonyl (C=O) groups is 2. The topological polar surface area (TPSA) is 46.6 Å². The third-order valence-electron chi connectivity index (χ3n) is 7.16. The summed E-state index contributed by atoms with van der Waals surface area (Å²) in [4.78, 5) is 28.6. The minimum Gasteiger partial charge on any atom is -0.497 e. The Morgan fingerprint density at radius 2 is 1.18 bits per heavy atom. The summed E-state index contributed by atoms with van der Waals surface area (Å²) in [6.07, 6.45) is 4.27. The highest BCUT2D eigenvalue weighted by Gasteiger charge is 2.62. The van der Waals surface area contributed by atoms with Crippen LogP contribution in [-0.2, 0) is 9.59 Å². The van der Waals surface area contributed by atoms with E-state index in [9.17, 15) is 9.59 Å². The lowest BCUT2D eigenvalue weighted by Gasteiger charge is -2.21. The number of carbonyl (C=O) groups excluding carboxylic acids is 2. The van der Waals surface area contributed by atoms with Crippen LogP contribution < -0.4 is 9.64 Å². The molecule has 4 heteroatoms. The van der Waals surface area contributed by atoms with E-state index in [1.54, 1.807) is 31.4 Å². The van der Waals surface area contributed by atoms with Crippen LogP contribution in [0.25, 0.3) is 5.57 Å². The number of amides is 2. The molecule has 2 fully saturated rings. The van der Waals surface area contributed by atoms with Crippen LogP contribution in [-0.4, -0.2) is 18.9 Å². The van der Waals surface area contributed by atoms with Crippen molar-refractivity contribution < 1.29 is 14.3 Å². The summed E-state index contributed by atoms with van der Waals surface area (Å²) < 4.78 is 5.22. The molecule has 1 saturated carbocycles. The highest BCUT2D eigenvalue weighted by atomic mass is 16.5. The van der Waals surface area contributed by atoms with Gasteiger partial charge in [-0.1, -0.05) is 72.8 Å². The Morgan fingerprint density at radius 3 is 1.64 bits per heavy atom. The van der Waals surface area contributed by atoms with Gasteiger partial charge in [0.25, 0.3) is 0 Å². The van der Waals surface area contributed by atoms with Crippen LogP contribution in [0.5, 0.6) is 5.75 Å². The van der Waals surface area contributed by atoms with E-state index in [4.69, 9.17) is 4.74 Å². The maximum atomic E-state index is 13.6. The SMILES string of the molecule is COc1ccc(N2C(=O)[C@@H]3[C@H](C2=O)[C@@H]2C=C[C@@H]3C2=C(c2ccccc2)c2ccccc2)cc1. The predicted octanol–water partition coefficient (Wildman–Crippen LogP) is 5.12. The number of fused-ring (bicyclic) bond motifs is 5. The zero-order chi connectivity index (χ0) is 22.5. The second-order valence-electron chi connectivity index (χ2n) is 8.76. The van der Waals surface area contributed by atoms with Crippen LogP contribution in [0.1, 0.15) is 11.1 Å². The molecule has 0 unspecified atom stereocenters. The Bertz CT molecular complexity index is 1220. The maximum absolute atomic E-state index is 13.6. The Labute approximate surface area is 192 Å². The lowest BCUT2D eigenvalue weighted by molar-refractivity contribution is -0.122. The molecule has 1 saturated heterocycles. The Morgan fingerprint density at radius 1 is 0.697 bits per heavy atom. The zero-order valence-corrected chi connectivity index (χ0v) is 18.2. The molecule has 1 heterocycles. The van der Waals surface area contributed by atoms with E-state index in [0.717, 1.165) is 16.7 Å². The van der Waals surface area contributed by atoms with E-state index in [1.165, 1.54) is 10.5 Å². The summed E-state index contributed by atoms with van der Waals surface area (Å²) in [6, 6.07) is 27.7. The van der Waals surface area contributed by atoms with Gasteiger partial charge < -0.3 is 4.74 Å². The van der Waals surface area contributed by atoms with Gasteiger partial charge in [0.2, 0.25) is 11.8 Å². The predicted molar refractivity (Wildman–Crippen MR) is 127 cm³/mol. The molecule has 0 spiro atoms. The molecule has 2 aliphatic carbocycles. The fraction of sp³-hybridized carbons (Fsp3) is 0.172. The molecule has 3 aromatic rings. The normalized spacial score (nSPS) is 25.0. The van der Waals surface area contributed by atoms with Crippen LogP contribution in [0.15, 0.2) is 103 Å². The van der Waals surface area contributed by atoms with Crippen molar-refractivity contribution >= 4 is 23.1 Å². The summed E-state index contributed by atoms with van der Waals surface area (Å²) in [5.41, 5.74) is 5.17. The molecule has 6 rings (SSSR count). The van der Waals surface area contributed by atoms with Gasteiger partial charge in [-0.15, -0.1) is 0 Å². The van der Waals surface area contributed by atoms with E-state index in [2.05, 4.69) is 36.4 Å². The number of ether oxygens (including phenoxy) is 1. The number of methoxy groups -OCH3 is 1. The van der Waals surface area contributed by atoms with E-state index < -0.39 is 0 Å². The number of anilines is 1. The first-order valence-electron chi connectivity index (χ1n) is 11.2. The van der Waals surface area contributed by atoms with E-state index in [1.807, 2.05) is 36.4 Å². The van der Waals surface area contributed by atoms with Gasteiger partial charge in [0.1, 0.15) is 5.75 Å². The first kappa shape index (κ1) is 19.7. The number of hydrogen-bond acceptors (Lipinski definition) is 3. The summed E-state index contributed by atoms with van der Waals surface area (Å²) in [5, 5.41) is 0. The lowest BCUT2D eigenvalue weighted by atomic mass is 9.85. The van der Waals surface area contributed by atoms with Crippen LogP contribution in [0.3, 0.4) is 0 Å². The standard InChI is InChI=1S/C29H23NO3/c1-33-21-14-12-20(13-15-21)30-28(31)26-22-16-17-23(27(26)29(30)32)25(22)24(18-8-4-2-5-9-18)19-10-6-3-7-11-19/h2-17,22-23,26-27H,1H3/t22-,23-,26-,27+/m1/s1. The smallest absolute Gasteiger partial charge is 0.238 e. The number of allylic oxidation sites excluding steroid dienone is 3. The zero-order valence-electron chi connectivity index (χ0n) is 18.2. The molecule has 2 bridgehead atoms. The average molecular weight is 434 g/mol. The van der Waals surface area contributed by atoms with Crippen molar-refractivity contribution in [1.82, 2.24) is 0 Å². The number of benzene rings is 3.